The van der Waals surface area contributed by atoms with E-state index in [1.807, 2.05) is 50.1 Å². The first-order valence-electron chi connectivity index (χ1n) is 11.8. The number of ether oxygens (including phenoxy) is 2. The molecule has 0 aliphatic carbocycles. The van der Waals surface area contributed by atoms with E-state index >= 15 is 0 Å². The normalized spacial score (nSPS) is 17.6. The van der Waals surface area contributed by atoms with Crippen LogP contribution in [0.15, 0.2) is 41.0 Å². The van der Waals surface area contributed by atoms with Gasteiger partial charge in [-0.15, -0.1) is 0 Å². The fourth-order valence-corrected chi connectivity index (χ4v) is 5.01. The standard InChI is InChI=1S/C27H30BrN3O3/c1-16-11-18-13-19-12-17(8-9-23(19)33-24(18)14-20(16)28)25-29-15-21(30-25)22-7-5-6-10-31(22)26(32)34-27(2,3)4/h8-9,11-12,14-15,22H,5-7,10,13H2,1-4H3,(H,29,30)/t22-/m0/s1. The number of carbonyl (C=O) groups excluding carboxylic acids is 1. The lowest BCUT2D eigenvalue weighted by Gasteiger charge is -2.36. The van der Waals surface area contributed by atoms with Gasteiger partial charge in [0.25, 0.3) is 0 Å². The number of hydrogen-bond donors (Lipinski definition) is 1. The van der Waals surface area contributed by atoms with E-state index in [0.717, 1.165) is 64.3 Å². The maximum atomic E-state index is 12.8. The van der Waals surface area contributed by atoms with Crippen molar-refractivity contribution >= 4 is 22.0 Å². The molecule has 0 spiro atoms. The highest BCUT2D eigenvalue weighted by atomic mass is 79.9. The number of likely N-dealkylation sites (tertiary alicyclic amines) is 1. The molecule has 3 aromatic rings. The molecule has 2 aliphatic heterocycles. The molecule has 34 heavy (non-hydrogen) atoms. The maximum absolute atomic E-state index is 12.8. The molecule has 1 N–H and O–H groups in total. The Morgan fingerprint density at radius 2 is 1.97 bits per heavy atom. The van der Waals surface area contributed by atoms with Crippen LogP contribution in [-0.4, -0.2) is 33.1 Å². The van der Waals surface area contributed by atoms with Crippen LogP contribution >= 0.6 is 15.9 Å². The molecule has 5 rings (SSSR count). The van der Waals surface area contributed by atoms with Gasteiger partial charge < -0.3 is 14.5 Å². The number of piperidine rings is 1. The number of hydrogen-bond acceptors (Lipinski definition) is 4. The topological polar surface area (TPSA) is 67.4 Å². The molecule has 2 aliphatic rings. The van der Waals surface area contributed by atoms with Crippen LogP contribution in [-0.2, 0) is 11.2 Å². The Bertz CT molecular complexity index is 1240. The molecule has 7 heteroatoms. The largest absolute Gasteiger partial charge is 0.457 e. The monoisotopic (exact) mass is 523 g/mol. The Morgan fingerprint density at radius 3 is 2.76 bits per heavy atom. The van der Waals surface area contributed by atoms with Crippen molar-refractivity contribution in [2.45, 2.75) is 65.0 Å². The number of nitrogens with zero attached hydrogens (tertiary/aromatic N) is 2. The second kappa shape index (κ2) is 8.77. The van der Waals surface area contributed by atoms with Gasteiger partial charge in [0.2, 0.25) is 0 Å². The van der Waals surface area contributed by atoms with Gasteiger partial charge in [-0.1, -0.05) is 22.0 Å². The zero-order valence-corrected chi connectivity index (χ0v) is 21.7. The van der Waals surface area contributed by atoms with Gasteiger partial charge in [0, 0.05) is 28.6 Å². The Labute approximate surface area is 208 Å². The first-order valence-corrected chi connectivity index (χ1v) is 12.6. The third-order valence-electron chi connectivity index (χ3n) is 6.36. The first kappa shape index (κ1) is 23.0. The van der Waals surface area contributed by atoms with Crippen molar-refractivity contribution < 1.29 is 14.3 Å². The molecule has 1 fully saturated rings. The van der Waals surface area contributed by atoms with E-state index in [1.54, 1.807) is 0 Å². The fraction of sp³-hybridized carbons (Fsp3) is 0.407. The van der Waals surface area contributed by atoms with Gasteiger partial charge in [-0.05, 0) is 82.3 Å². The number of aryl methyl sites for hydroxylation is 1. The molecule has 0 radical (unpaired) electrons. The van der Waals surface area contributed by atoms with E-state index in [0.29, 0.717) is 6.54 Å². The van der Waals surface area contributed by atoms with Crippen molar-refractivity contribution in [2.24, 2.45) is 0 Å². The van der Waals surface area contributed by atoms with Gasteiger partial charge in [-0.3, -0.25) is 4.90 Å². The highest BCUT2D eigenvalue weighted by Gasteiger charge is 2.32. The summed E-state index contributed by atoms with van der Waals surface area (Å²) in [5.41, 5.74) is 4.94. The average Bonchev–Trinajstić information content (AvgIpc) is 3.27. The molecular weight excluding hydrogens is 494 g/mol. The quantitative estimate of drug-likeness (QED) is 0.299. The van der Waals surface area contributed by atoms with Crippen molar-refractivity contribution in [3.63, 3.8) is 0 Å². The number of fused-ring (bicyclic) bond motifs is 2. The van der Waals surface area contributed by atoms with Gasteiger partial charge in [-0.25, -0.2) is 9.78 Å². The fourth-order valence-electron chi connectivity index (χ4n) is 4.69. The molecule has 1 amide bonds. The summed E-state index contributed by atoms with van der Waals surface area (Å²) in [7, 11) is 0. The van der Waals surface area contributed by atoms with Crippen LogP contribution < -0.4 is 4.74 Å². The summed E-state index contributed by atoms with van der Waals surface area (Å²) in [6, 6.07) is 10.3. The molecular formula is C27H30BrN3O3. The lowest BCUT2D eigenvalue weighted by Crippen LogP contribution is -2.42. The van der Waals surface area contributed by atoms with Gasteiger partial charge in [-0.2, -0.15) is 0 Å². The Morgan fingerprint density at radius 1 is 1.18 bits per heavy atom. The lowest BCUT2D eigenvalue weighted by molar-refractivity contribution is 0.00906. The van der Waals surface area contributed by atoms with Gasteiger partial charge >= 0.3 is 6.09 Å². The third kappa shape index (κ3) is 4.58. The van der Waals surface area contributed by atoms with Crippen molar-refractivity contribution in [3.05, 3.63) is 63.4 Å². The summed E-state index contributed by atoms with van der Waals surface area (Å²) < 4.78 is 12.9. The van der Waals surface area contributed by atoms with Crippen LogP contribution in [0.3, 0.4) is 0 Å². The summed E-state index contributed by atoms with van der Waals surface area (Å²) in [5.74, 6) is 2.57. The molecule has 0 bridgehead atoms. The molecule has 6 nitrogen and oxygen atoms in total. The molecule has 3 heterocycles. The summed E-state index contributed by atoms with van der Waals surface area (Å²) in [6.07, 6.45) is 5.36. The van der Waals surface area contributed by atoms with E-state index in [9.17, 15) is 4.79 Å². The number of halogens is 1. The number of carbonyl (C=O) groups is 1. The lowest BCUT2D eigenvalue weighted by atomic mass is 9.97. The minimum Gasteiger partial charge on any atom is -0.457 e. The summed E-state index contributed by atoms with van der Waals surface area (Å²) in [4.78, 5) is 22.8. The molecule has 1 saturated heterocycles. The third-order valence-corrected chi connectivity index (χ3v) is 7.22. The average molecular weight is 524 g/mol. The van der Waals surface area contributed by atoms with Crippen molar-refractivity contribution in [1.82, 2.24) is 14.9 Å². The zero-order valence-electron chi connectivity index (χ0n) is 20.1. The van der Waals surface area contributed by atoms with Gasteiger partial charge in [0.1, 0.15) is 22.9 Å². The van der Waals surface area contributed by atoms with E-state index in [1.165, 1.54) is 11.1 Å². The molecule has 1 atom stereocenters. The van der Waals surface area contributed by atoms with Crippen LogP contribution in [0.25, 0.3) is 11.4 Å². The molecule has 2 aromatic carbocycles. The minimum atomic E-state index is -0.517. The molecule has 0 unspecified atom stereocenters. The number of aromatic nitrogens is 2. The van der Waals surface area contributed by atoms with E-state index in [2.05, 4.69) is 45.0 Å². The summed E-state index contributed by atoms with van der Waals surface area (Å²) in [5, 5.41) is 0. The number of amides is 1. The van der Waals surface area contributed by atoms with Crippen LogP contribution in [0.4, 0.5) is 4.79 Å². The number of imidazole rings is 1. The summed E-state index contributed by atoms with van der Waals surface area (Å²) >= 11 is 3.59. The van der Waals surface area contributed by atoms with Crippen molar-refractivity contribution in [1.29, 1.82) is 0 Å². The minimum absolute atomic E-state index is 0.0564. The SMILES string of the molecule is Cc1cc2c(cc1Br)Oc1ccc(-c3ncc([C@@H]4CCCCN4C(=O)OC(C)(C)C)[nH]3)cc1C2. The highest BCUT2D eigenvalue weighted by Crippen LogP contribution is 2.40. The van der Waals surface area contributed by atoms with Gasteiger partial charge in [0.15, 0.2) is 0 Å². The van der Waals surface area contributed by atoms with Crippen molar-refractivity contribution in [2.75, 3.05) is 6.54 Å². The number of H-pyrrole nitrogens is 1. The first-order chi connectivity index (χ1) is 16.2. The predicted molar refractivity (Wildman–Crippen MR) is 135 cm³/mol. The van der Waals surface area contributed by atoms with E-state index in [-0.39, 0.29) is 12.1 Å². The second-order valence-electron chi connectivity index (χ2n) is 10.2. The maximum Gasteiger partial charge on any atom is 0.410 e. The number of rotatable bonds is 2. The smallest absolute Gasteiger partial charge is 0.410 e. The summed E-state index contributed by atoms with van der Waals surface area (Å²) in [6.45, 7) is 8.48. The van der Waals surface area contributed by atoms with Crippen molar-refractivity contribution in [3.8, 4) is 22.9 Å². The van der Waals surface area contributed by atoms with Gasteiger partial charge in [0.05, 0.1) is 17.9 Å². The Kier molecular flexibility index (Phi) is 5.92. The number of benzene rings is 2. The van der Waals surface area contributed by atoms with Crippen LogP contribution in [0.5, 0.6) is 11.5 Å². The van der Waals surface area contributed by atoms with Crippen LogP contribution in [0, 0.1) is 6.92 Å². The zero-order chi connectivity index (χ0) is 24.0. The number of aromatic amines is 1. The number of nitrogens with one attached hydrogen (secondary N) is 1. The molecule has 1 aromatic heterocycles. The predicted octanol–water partition coefficient (Wildman–Crippen LogP) is 7.31. The second-order valence-corrected chi connectivity index (χ2v) is 11.0. The Hall–Kier alpha value is -2.80. The van der Waals surface area contributed by atoms with Crippen LogP contribution in [0.1, 0.15) is 68.5 Å². The Balaban J connectivity index is 1.39. The molecule has 0 saturated carbocycles. The highest BCUT2D eigenvalue weighted by molar-refractivity contribution is 9.10. The molecule has 178 valence electrons. The van der Waals surface area contributed by atoms with Crippen LogP contribution in [0.2, 0.25) is 0 Å². The van der Waals surface area contributed by atoms with E-state index in [4.69, 9.17) is 9.47 Å². The van der Waals surface area contributed by atoms with E-state index < -0.39 is 5.60 Å².